The van der Waals surface area contributed by atoms with E-state index in [-0.39, 0.29) is 5.56 Å². The molecule has 4 rings (SSSR count). The first-order valence-corrected chi connectivity index (χ1v) is 8.25. The van der Waals surface area contributed by atoms with E-state index in [9.17, 15) is 4.79 Å². The van der Waals surface area contributed by atoms with Crippen LogP contribution < -0.4 is 5.56 Å². The second kappa shape index (κ2) is 6.05. The molecule has 0 amide bonds. The normalized spacial score (nSPS) is 11.0. The minimum absolute atomic E-state index is 0.0905. The fourth-order valence-electron chi connectivity index (χ4n) is 2.61. The maximum atomic E-state index is 12.7. The van der Waals surface area contributed by atoms with Crippen LogP contribution in [0.3, 0.4) is 0 Å². The molecule has 0 spiro atoms. The van der Waals surface area contributed by atoms with Gasteiger partial charge in [-0.3, -0.25) is 9.36 Å². The van der Waals surface area contributed by atoms with Gasteiger partial charge < -0.3 is 0 Å². The summed E-state index contributed by atoms with van der Waals surface area (Å²) in [6, 6.07) is 17.6. The largest absolute Gasteiger partial charge is 0.294 e. The lowest BCUT2D eigenvalue weighted by atomic mass is 10.2. The van der Waals surface area contributed by atoms with E-state index in [4.69, 9.17) is 0 Å². The molecule has 0 N–H and O–H groups in total. The molecule has 2 aromatic heterocycles. The summed E-state index contributed by atoms with van der Waals surface area (Å²) in [6.45, 7) is 0.492. The highest BCUT2D eigenvalue weighted by Gasteiger charge is 2.11. The van der Waals surface area contributed by atoms with Crippen molar-refractivity contribution in [3.8, 4) is 5.69 Å². The van der Waals surface area contributed by atoms with E-state index in [0.29, 0.717) is 17.6 Å². The van der Waals surface area contributed by atoms with E-state index >= 15 is 0 Å². The Labute approximate surface area is 146 Å². The van der Waals surface area contributed by atoms with E-state index in [1.54, 1.807) is 21.8 Å². The first-order valence-electron chi connectivity index (χ1n) is 7.45. The van der Waals surface area contributed by atoms with Gasteiger partial charge >= 0.3 is 0 Å². The molecule has 2 heterocycles. The second-order valence-electron chi connectivity index (χ2n) is 5.43. The standard InChI is InChI=1S/C18H13BrN4O/c19-14-6-8-15(9-7-14)23-17-16(10-21-23)18(24)22(12-20-17)11-13-4-2-1-3-5-13/h1-10,12H,11H2. The molecule has 0 bridgehead atoms. The van der Waals surface area contributed by atoms with Gasteiger partial charge in [-0.2, -0.15) is 5.10 Å². The first-order chi connectivity index (χ1) is 11.7. The summed E-state index contributed by atoms with van der Waals surface area (Å²) in [7, 11) is 0. The summed E-state index contributed by atoms with van der Waals surface area (Å²) in [5, 5.41) is 4.84. The molecule has 0 aliphatic heterocycles. The number of rotatable bonds is 3. The van der Waals surface area contributed by atoms with Gasteiger partial charge in [0.25, 0.3) is 5.56 Å². The van der Waals surface area contributed by atoms with Crippen molar-refractivity contribution < 1.29 is 0 Å². The summed E-state index contributed by atoms with van der Waals surface area (Å²) in [4.78, 5) is 17.1. The van der Waals surface area contributed by atoms with Crippen molar-refractivity contribution in [1.29, 1.82) is 0 Å². The number of aromatic nitrogens is 4. The molecule has 0 atom stereocenters. The number of nitrogens with zero attached hydrogens (tertiary/aromatic N) is 4. The Balaban J connectivity index is 1.78. The SMILES string of the molecule is O=c1c2cnn(-c3ccc(Br)cc3)c2ncn1Cc1ccccc1. The number of fused-ring (bicyclic) bond motifs is 1. The molecular formula is C18H13BrN4O. The van der Waals surface area contributed by atoms with Crippen LogP contribution in [-0.4, -0.2) is 19.3 Å². The van der Waals surface area contributed by atoms with E-state index in [1.807, 2.05) is 54.6 Å². The van der Waals surface area contributed by atoms with Gasteiger partial charge in [-0.1, -0.05) is 46.3 Å². The molecule has 0 aliphatic carbocycles. The van der Waals surface area contributed by atoms with Gasteiger partial charge in [0.2, 0.25) is 0 Å². The van der Waals surface area contributed by atoms with Crippen LogP contribution in [0.25, 0.3) is 16.7 Å². The predicted octanol–water partition coefficient (Wildman–Crippen LogP) is 3.39. The van der Waals surface area contributed by atoms with Crippen LogP contribution in [-0.2, 0) is 6.54 Å². The molecule has 0 unspecified atom stereocenters. The lowest BCUT2D eigenvalue weighted by Gasteiger charge is -2.06. The van der Waals surface area contributed by atoms with Gasteiger partial charge in [0.1, 0.15) is 11.7 Å². The summed E-state index contributed by atoms with van der Waals surface area (Å²) >= 11 is 3.41. The molecule has 4 aromatic rings. The van der Waals surface area contributed by atoms with E-state index in [2.05, 4.69) is 26.0 Å². The van der Waals surface area contributed by atoms with E-state index < -0.39 is 0 Å². The Hall–Kier alpha value is -2.73. The van der Waals surface area contributed by atoms with Gasteiger partial charge in [0.15, 0.2) is 5.65 Å². The van der Waals surface area contributed by atoms with E-state index in [0.717, 1.165) is 15.7 Å². The molecule has 6 heteroatoms. The highest BCUT2D eigenvalue weighted by atomic mass is 79.9. The second-order valence-corrected chi connectivity index (χ2v) is 6.35. The number of hydrogen-bond acceptors (Lipinski definition) is 3. The van der Waals surface area contributed by atoms with Crippen molar-refractivity contribution >= 4 is 27.0 Å². The number of halogens is 1. The fraction of sp³-hybridized carbons (Fsp3) is 0.0556. The van der Waals surface area contributed by atoms with Gasteiger partial charge in [0, 0.05) is 4.47 Å². The van der Waals surface area contributed by atoms with Crippen LogP contribution >= 0.6 is 15.9 Å². The topological polar surface area (TPSA) is 52.7 Å². The van der Waals surface area contributed by atoms with Crippen LogP contribution in [0.1, 0.15) is 5.56 Å². The Morgan fingerprint density at radius 3 is 2.50 bits per heavy atom. The third-order valence-electron chi connectivity index (χ3n) is 3.82. The zero-order valence-corrected chi connectivity index (χ0v) is 14.2. The average molecular weight is 381 g/mol. The van der Waals surface area contributed by atoms with Crippen molar-refractivity contribution in [2.45, 2.75) is 6.54 Å². The maximum absolute atomic E-state index is 12.7. The molecule has 0 fully saturated rings. The number of hydrogen-bond donors (Lipinski definition) is 0. The quantitative estimate of drug-likeness (QED) is 0.547. The summed E-state index contributed by atoms with van der Waals surface area (Å²) in [5.74, 6) is 0. The van der Waals surface area contributed by atoms with Crippen molar-refractivity contribution in [2.24, 2.45) is 0 Å². The Kier molecular flexibility index (Phi) is 3.74. The summed E-state index contributed by atoms with van der Waals surface area (Å²) in [5.41, 5.74) is 2.39. The minimum atomic E-state index is -0.0905. The average Bonchev–Trinajstić information content (AvgIpc) is 3.04. The third kappa shape index (κ3) is 2.65. The van der Waals surface area contributed by atoms with Gasteiger partial charge in [-0.25, -0.2) is 9.67 Å². The molecular weight excluding hydrogens is 368 g/mol. The third-order valence-corrected chi connectivity index (χ3v) is 4.35. The van der Waals surface area contributed by atoms with Crippen LogP contribution in [0.4, 0.5) is 0 Å². The van der Waals surface area contributed by atoms with Crippen LogP contribution in [0.2, 0.25) is 0 Å². The number of benzene rings is 2. The zero-order valence-electron chi connectivity index (χ0n) is 12.6. The highest BCUT2D eigenvalue weighted by Crippen LogP contribution is 2.17. The Morgan fingerprint density at radius 2 is 1.75 bits per heavy atom. The zero-order chi connectivity index (χ0) is 16.5. The Bertz CT molecular complexity index is 1050. The fourth-order valence-corrected chi connectivity index (χ4v) is 2.88. The monoisotopic (exact) mass is 380 g/mol. The van der Waals surface area contributed by atoms with Crippen LogP contribution in [0, 0.1) is 0 Å². The smallest absolute Gasteiger partial charge is 0.264 e. The van der Waals surface area contributed by atoms with Crippen LogP contribution in [0.5, 0.6) is 0 Å². The van der Waals surface area contributed by atoms with Gasteiger partial charge in [0.05, 0.1) is 18.4 Å². The van der Waals surface area contributed by atoms with Crippen molar-refractivity contribution in [1.82, 2.24) is 19.3 Å². The molecule has 5 nitrogen and oxygen atoms in total. The van der Waals surface area contributed by atoms with Crippen molar-refractivity contribution in [3.05, 3.63) is 87.5 Å². The molecule has 0 saturated heterocycles. The lowest BCUT2D eigenvalue weighted by Crippen LogP contribution is -2.21. The highest BCUT2D eigenvalue weighted by molar-refractivity contribution is 9.10. The molecule has 0 saturated carbocycles. The minimum Gasteiger partial charge on any atom is -0.294 e. The predicted molar refractivity (Wildman–Crippen MR) is 96.4 cm³/mol. The van der Waals surface area contributed by atoms with E-state index in [1.165, 1.54) is 0 Å². The molecule has 118 valence electrons. The van der Waals surface area contributed by atoms with Crippen molar-refractivity contribution in [2.75, 3.05) is 0 Å². The van der Waals surface area contributed by atoms with Crippen molar-refractivity contribution in [3.63, 3.8) is 0 Å². The lowest BCUT2D eigenvalue weighted by molar-refractivity contribution is 0.745. The van der Waals surface area contributed by atoms with Gasteiger partial charge in [-0.15, -0.1) is 0 Å². The molecule has 0 radical (unpaired) electrons. The molecule has 24 heavy (non-hydrogen) atoms. The molecule has 2 aromatic carbocycles. The first kappa shape index (κ1) is 14.8. The molecule has 0 aliphatic rings. The maximum Gasteiger partial charge on any atom is 0.264 e. The Morgan fingerprint density at radius 1 is 1.00 bits per heavy atom. The summed E-state index contributed by atoms with van der Waals surface area (Å²) in [6.07, 6.45) is 3.16. The summed E-state index contributed by atoms with van der Waals surface area (Å²) < 4.78 is 4.27. The van der Waals surface area contributed by atoms with Gasteiger partial charge in [-0.05, 0) is 29.8 Å². The van der Waals surface area contributed by atoms with Crippen LogP contribution in [0.15, 0.2) is 76.4 Å².